The maximum atomic E-state index is 13.0. The molecule has 4 rings (SSSR count). The Kier molecular flexibility index (Phi) is 5.41. The number of aliphatic hydroxyl groups excluding tert-OH is 1. The Morgan fingerprint density at radius 2 is 1.96 bits per heavy atom. The van der Waals surface area contributed by atoms with Crippen LogP contribution in [-0.4, -0.2) is 75.4 Å². The van der Waals surface area contributed by atoms with Crippen LogP contribution < -0.4 is 0 Å². The molecule has 0 spiro atoms. The second kappa shape index (κ2) is 7.62. The van der Waals surface area contributed by atoms with Crippen molar-refractivity contribution in [2.24, 2.45) is 11.8 Å². The van der Waals surface area contributed by atoms with E-state index in [9.17, 15) is 9.90 Å². The van der Waals surface area contributed by atoms with Gasteiger partial charge in [0.05, 0.1) is 17.3 Å². The van der Waals surface area contributed by atoms with Gasteiger partial charge in [-0.15, -0.1) is 0 Å². The SMILES string of the molecule is CSc1ncc(Cl)c(C(=O)N2C[C@H]3C[C@@H](N4CCCC4)[C@H](O)C[C@H]3C2)n1. The van der Waals surface area contributed by atoms with Gasteiger partial charge < -0.3 is 10.0 Å². The molecule has 1 N–H and O–H groups in total. The number of rotatable bonds is 3. The molecular formula is C18H25ClN4O2S. The fraction of sp³-hybridized carbons (Fsp3) is 0.722. The lowest BCUT2D eigenvalue weighted by Crippen LogP contribution is -2.48. The summed E-state index contributed by atoms with van der Waals surface area (Å²) < 4.78 is 0. The number of carbonyl (C=O) groups is 1. The predicted octanol–water partition coefficient (Wildman–Crippen LogP) is 2.16. The van der Waals surface area contributed by atoms with Gasteiger partial charge in [0.1, 0.15) is 0 Å². The van der Waals surface area contributed by atoms with Crippen molar-refractivity contribution in [1.82, 2.24) is 19.8 Å². The van der Waals surface area contributed by atoms with Crippen LogP contribution in [0.25, 0.3) is 0 Å². The number of carbonyl (C=O) groups excluding carboxylic acids is 1. The van der Waals surface area contributed by atoms with Gasteiger partial charge >= 0.3 is 0 Å². The molecule has 1 saturated carbocycles. The molecule has 0 bridgehead atoms. The summed E-state index contributed by atoms with van der Waals surface area (Å²) in [5.74, 6) is 0.705. The van der Waals surface area contributed by atoms with Crippen LogP contribution >= 0.6 is 23.4 Å². The van der Waals surface area contributed by atoms with Gasteiger partial charge in [0, 0.05) is 19.1 Å². The zero-order valence-electron chi connectivity index (χ0n) is 15.0. The summed E-state index contributed by atoms with van der Waals surface area (Å²) in [6, 6.07) is 0.250. The Bertz CT molecular complexity index is 685. The van der Waals surface area contributed by atoms with Crippen molar-refractivity contribution in [3.05, 3.63) is 16.9 Å². The van der Waals surface area contributed by atoms with Crippen LogP contribution in [0.1, 0.15) is 36.2 Å². The summed E-state index contributed by atoms with van der Waals surface area (Å²) in [6.07, 6.45) is 7.31. The van der Waals surface area contributed by atoms with Crippen LogP contribution in [0.2, 0.25) is 5.02 Å². The Hall–Kier alpha value is -0.890. The van der Waals surface area contributed by atoms with Gasteiger partial charge in [-0.1, -0.05) is 23.4 Å². The average Bonchev–Trinajstić information content (AvgIpc) is 3.30. The third-order valence-electron chi connectivity index (χ3n) is 6.11. The second-order valence-corrected chi connectivity index (χ2v) is 8.81. The first-order valence-corrected chi connectivity index (χ1v) is 10.9. The van der Waals surface area contributed by atoms with E-state index in [2.05, 4.69) is 14.9 Å². The van der Waals surface area contributed by atoms with Crippen molar-refractivity contribution < 1.29 is 9.90 Å². The minimum absolute atomic E-state index is 0.116. The van der Waals surface area contributed by atoms with Gasteiger partial charge in [-0.3, -0.25) is 9.69 Å². The molecule has 142 valence electrons. The molecule has 2 saturated heterocycles. The minimum Gasteiger partial charge on any atom is -0.391 e. The molecule has 0 unspecified atom stereocenters. The topological polar surface area (TPSA) is 69.6 Å². The fourth-order valence-corrected chi connectivity index (χ4v) is 5.30. The van der Waals surface area contributed by atoms with Crippen molar-refractivity contribution in [3.63, 3.8) is 0 Å². The highest BCUT2D eigenvalue weighted by molar-refractivity contribution is 7.98. The summed E-state index contributed by atoms with van der Waals surface area (Å²) in [6.45, 7) is 3.60. The van der Waals surface area contributed by atoms with E-state index in [1.807, 2.05) is 11.2 Å². The largest absolute Gasteiger partial charge is 0.391 e. The zero-order chi connectivity index (χ0) is 18.3. The average molecular weight is 397 g/mol. The Morgan fingerprint density at radius 3 is 2.65 bits per heavy atom. The third-order valence-corrected chi connectivity index (χ3v) is 6.95. The minimum atomic E-state index is -0.282. The first kappa shape index (κ1) is 18.5. The molecule has 1 aliphatic carbocycles. The Labute approximate surface area is 163 Å². The molecule has 1 aromatic rings. The summed E-state index contributed by atoms with van der Waals surface area (Å²) in [7, 11) is 0. The number of halogens is 1. The molecular weight excluding hydrogens is 372 g/mol. The fourth-order valence-electron chi connectivity index (χ4n) is 4.79. The lowest BCUT2D eigenvalue weighted by molar-refractivity contribution is -0.000864. The van der Waals surface area contributed by atoms with Crippen LogP contribution in [0.4, 0.5) is 0 Å². The van der Waals surface area contributed by atoms with Crippen molar-refractivity contribution >= 4 is 29.3 Å². The van der Waals surface area contributed by atoms with Gasteiger partial charge in [0.25, 0.3) is 5.91 Å². The maximum absolute atomic E-state index is 13.0. The highest BCUT2D eigenvalue weighted by Gasteiger charge is 2.45. The normalized spacial score (nSPS) is 32.0. The number of hydrogen-bond acceptors (Lipinski definition) is 6. The lowest BCUT2D eigenvalue weighted by Gasteiger charge is -2.40. The molecule has 0 radical (unpaired) electrons. The number of amides is 1. The van der Waals surface area contributed by atoms with Gasteiger partial charge in [-0.05, 0) is 56.9 Å². The smallest absolute Gasteiger partial charge is 0.274 e. The second-order valence-electron chi connectivity index (χ2n) is 7.63. The molecule has 3 heterocycles. The monoisotopic (exact) mass is 396 g/mol. The summed E-state index contributed by atoms with van der Waals surface area (Å²) >= 11 is 7.58. The first-order chi connectivity index (χ1) is 12.6. The lowest BCUT2D eigenvalue weighted by atomic mass is 9.77. The van der Waals surface area contributed by atoms with E-state index in [1.54, 1.807) is 0 Å². The van der Waals surface area contributed by atoms with E-state index >= 15 is 0 Å². The molecule has 3 fully saturated rings. The molecule has 8 heteroatoms. The standard InChI is InChI=1S/C18H25ClN4O2S/c1-26-18-20-8-13(19)16(21-18)17(25)23-9-11-6-14(22-4-2-3-5-22)15(24)7-12(11)10-23/h8,11-12,14-15,24H,2-7,9-10H2,1H3/t11-,12+,14-,15-/m1/s1. The van der Waals surface area contributed by atoms with E-state index in [0.29, 0.717) is 34.3 Å². The van der Waals surface area contributed by atoms with E-state index in [1.165, 1.54) is 30.8 Å². The summed E-state index contributed by atoms with van der Waals surface area (Å²) in [5, 5.41) is 11.5. The number of hydrogen-bond donors (Lipinski definition) is 1. The predicted molar refractivity (Wildman–Crippen MR) is 102 cm³/mol. The molecule has 4 atom stereocenters. The number of likely N-dealkylation sites (tertiary alicyclic amines) is 2. The quantitative estimate of drug-likeness (QED) is 0.623. The van der Waals surface area contributed by atoms with Gasteiger partial charge in [0.15, 0.2) is 10.9 Å². The number of thioether (sulfide) groups is 1. The van der Waals surface area contributed by atoms with Crippen molar-refractivity contribution in [2.45, 2.75) is 43.0 Å². The molecule has 0 aromatic carbocycles. The number of aliphatic hydroxyl groups is 1. The van der Waals surface area contributed by atoms with Crippen molar-refractivity contribution in [3.8, 4) is 0 Å². The third kappa shape index (κ3) is 3.46. The number of aromatic nitrogens is 2. The van der Waals surface area contributed by atoms with Crippen LogP contribution in [-0.2, 0) is 0 Å². The van der Waals surface area contributed by atoms with E-state index in [-0.39, 0.29) is 18.1 Å². The highest BCUT2D eigenvalue weighted by Crippen LogP contribution is 2.39. The summed E-state index contributed by atoms with van der Waals surface area (Å²) in [5.41, 5.74) is 0.293. The summed E-state index contributed by atoms with van der Waals surface area (Å²) in [4.78, 5) is 25.7. The Morgan fingerprint density at radius 1 is 1.27 bits per heavy atom. The molecule has 1 amide bonds. The van der Waals surface area contributed by atoms with Gasteiger partial charge in [-0.25, -0.2) is 9.97 Å². The maximum Gasteiger partial charge on any atom is 0.274 e. The number of nitrogens with zero attached hydrogens (tertiary/aromatic N) is 4. The van der Waals surface area contributed by atoms with Crippen molar-refractivity contribution in [2.75, 3.05) is 32.4 Å². The molecule has 26 heavy (non-hydrogen) atoms. The van der Waals surface area contributed by atoms with Crippen molar-refractivity contribution in [1.29, 1.82) is 0 Å². The first-order valence-electron chi connectivity index (χ1n) is 9.34. The molecule has 6 nitrogen and oxygen atoms in total. The molecule has 2 aliphatic heterocycles. The van der Waals surface area contributed by atoms with E-state index < -0.39 is 0 Å². The number of fused-ring (bicyclic) bond motifs is 1. The molecule has 3 aliphatic rings. The van der Waals surface area contributed by atoms with Gasteiger partial charge in [-0.2, -0.15) is 0 Å². The Balaban J connectivity index is 1.47. The van der Waals surface area contributed by atoms with E-state index in [4.69, 9.17) is 11.6 Å². The van der Waals surface area contributed by atoms with Crippen LogP contribution in [0.15, 0.2) is 11.4 Å². The molecule has 1 aromatic heterocycles. The van der Waals surface area contributed by atoms with Crippen LogP contribution in [0.3, 0.4) is 0 Å². The van der Waals surface area contributed by atoms with Gasteiger partial charge in [0.2, 0.25) is 0 Å². The zero-order valence-corrected chi connectivity index (χ0v) is 16.5. The highest BCUT2D eigenvalue weighted by atomic mass is 35.5. The van der Waals surface area contributed by atoms with E-state index in [0.717, 1.165) is 32.5 Å². The van der Waals surface area contributed by atoms with Crippen LogP contribution in [0, 0.1) is 11.8 Å². The van der Waals surface area contributed by atoms with Crippen LogP contribution in [0.5, 0.6) is 0 Å².